The van der Waals surface area contributed by atoms with Gasteiger partial charge in [-0.05, 0) is 32.0 Å². The highest BCUT2D eigenvalue weighted by molar-refractivity contribution is 8.03. The molecule has 1 aliphatic rings. The van der Waals surface area contributed by atoms with Crippen molar-refractivity contribution >= 4 is 45.1 Å². The van der Waals surface area contributed by atoms with Crippen LogP contribution in [0, 0.1) is 0 Å². The fourth-order valence-corrected chi connectivity index (χ4v) is 5.27. The Hall–Kier alpha value is -2.00. The molecule has 120 valence electrons. The molecule has 0 aliphatic carbocycles. The first-order chi connectivity index (χ1) is 11.8. The monoisotopic (exact) mass is 351 g/mol. The van der Waals surface area contributed by atoms with Crippen molar-refractivity contribution in [3.05, 3.63) is 64.3 Å². The van der Waals surface area contributed by atoms with E-state index in [-0.39, 0.29) is 0 Å². The zero-order chi connectivity index (χ0) is 16.5. The highest BCUT2D eigenvalue weighted by Crippen LogP contribution is 2.45. The lowest BCUT2D eigenvalue weighted by molar-refractivity contribution is -0.665. The lowest BCUT2D eigenvalue weighted by atomic mass is 10.3. The Morgan fingerprint density at radius 2 is 1.88 bits per heavy atom. The average molecular weight is 352 g/mol. The maximum Gasteiger partial charge on any atom is 0.270 e. The molecule has 0 spiro atoms. The molecule has 2 heterocycles. The van der Waals surface area contributed by atoms with Crippen LogP contribution < -0.4 is 9.47 Å². The Kier molecular flexibility index (Phi) is 4.19. The van der Waals surface area contributed by atoms with E-state index < -0.39 is 0 Å². The van der Waals surface area contributed by atoms with Gasteiger partial charge < -0.3 is 4.90 Å². The molecule has 0 fully saturated rings. The molecule has 4 heteroatoms. The summed E-state index contributed by atoms with van der Waals surface area (Å²) in [5.41, 5.74) is 6.15. The van der Waals surface area contributed by atoms with Gasteiger partial charge in [0.05, 0.1) is 11.8 Å². The number of hydrogen-bond acceptors (Lipinski definition) is 3. The second-order valence-corrected chi connectivity index (χ2v) is 7.65. The van der Waals surface area contributed by atoms with Crippen LogP contribution in [0.1, 0.15) is 18.9 Å². The molecule has 24 heavy (non-hydrogen) atoms. The second-order valence-electron chi connectivity index (χ2n) is 5.56. The number of hydrogen-bond donors (Lipinski definition) is 0. The minimum Gasteiger partial charge on any atom is -0.329 e. The van der Waals surface area contributed by atoms with Crippen molar-refractivity contribution in [2.75, 3.05) is 11.4 Å². The van der Waals surface area contributed by atoms with E-state index in [1.807, 2.05) is 11.3 Å². The van der Waals surface area contributed by atoms with Gasteiger partial charge in [0.1, 0.15) is 16.3 Å². The van der Waals surface area contributed by atoms with Gasteiger partial charge in [0.25, 0.3) is 5.01 Å². The third-order valence-electron chi connectivity index (χ3n) is 4.20. The standard InChI is InChI=1S/C20H19N2S2/c1-3-21-15-9-5-7-11-17(15)23-19(21)13-14-20-22(4-2)16-10-6-8-12-18(16)24-20/h5-13H,3-4H2,1-2H3/q+1. The summed E-state index contributed by atoms with van der Waals surface area (Å²) < 4.78 is 3.68. The number of aryl methyl sites for hydroxylation is 1. The van der Waals surface area contributed by atoms with Crippen LogP contribution >= 0.6 is 23.1 Å². The molecule has 1 aliphatic heterocycles. The number of fused-ring (bicyclic) bond motifs is 2. The first-order valence-electron chi connectivity index (χ1n) is 8.24. The third-order valence-corrected chi connectivity index (χ3v) is 6.41. The van der Waals surface area contributed by atoms with Gasteiger partial charge in [0.2, 0.25) is 5.52 Å². The first kappa shape index (κ1) is 15.5. The minimum absolute atomic E-state index is 0.959. The van der Waals surface area contributed by atoms with Gasteiger partial charge in [-0.1, -0.05) is 53.1 Å². The molecule has 0 unspecified atom stereocenters. The fourth-order valence-electron chi connectivity index (χ4n) is 3.07. The van der Waals surface area contributed by atoms with Gasteiger partial charge in [0, 0.05) is 17.5 Å². The largest absolute Gasteiger partial charge is 0.329 e. The Bertz CT molecular complexity index is 965. The molecular weight excluding hydrogens is 332 g/mol. The van der Waals surface area contributed by atoms with Crippen LogP contribution in [-0.2, 0) is 6.54 Å². The van der Waals surface area contributed by atoms with Crippen molar-refractivity contribution in [1.82, 2.24) is 0 Å². The highest BCUT2D eigenvalue weighted by atomic mass is 32.2. The van der Waals surface area contributed by atoms with Crippen molar-refractivity contribution in [3.8, 4) is 0 Å². The highest BCUT2D eigenvalue weighted by Gasteiger charge is 2.23. The molecule has 0 atom stereocenters. The van der Waals surface area contributed by atoms with Crippen molar-refractivity contribution in [2.24, 2.45) is 0 Å². The predicted octanol–water partition coefficient (Wildman–Crippen LogP) is 5.29. The van der Waals surface area contributed by atoms with Crippen LogP contribution in [0.5, 0.6) is 0 Å². The van der Waals surface area contributed by atoms with Gasteiger partial charge in [-0.25, -0.2) is 0 Å². The van der Waals surface area contributed by atoms with E-state index in [1.54, 1.807) is 11.8 Å². The van der Waals surface area contributed by atoms with Gasteiger partial charge in [-0.15, -0.1) is 0 Å². The lowest BCUT2D eigenvalue weighted by Gasteiger charge is -2.15. The summed E-state index contributed by atoms with van der Waals surface area (Å²) in [5, 5.41) is 2.43. The lowest BCUT2D eigenvalue weighted by Crippen LogP contribution is -2.33. The quantitative estimate of drug-likeness (QED) is 0.467. The van der Waals surface area contributed by atoms with E-state index in [2.05, 4.69) is 83.7 Å². The fraction of sp³-hybridized carbons (Fsp3) is 0.200. The summed E-state index contributed by atoms with van der Waals surface area (Å²) in [6.07, 6.45) is 2.14. The summed E-state index contributed by atoms with van der Waals surface area (Å²) >= 11 is 3.63. The normalized spacial score (nSPS) is 13.2. The molecular formula is C20H19N2S2+. The number of para-hydroxylation sites is 2. The molecule has 0 bridgehead atoms. The average Bonchev–Trinajstić information content (AvgIpc) is 3.16. The summed E-state index contributed by atoms with van der Waals surface area (Å²) in [5.74, 6) is 0. The Labute approximate surface area is 150 Å². The predicted molar refractivity (Wildman–Crippen MR) is 105 cm³/mol. The molecule has 0 amide bonds. The summed E-state index contributed by atoms with van der Waals surface area (Å²) in [7, 11) is 0. The van der Waals surface area contributed by atoms with Crippen molar-refractivity contribution in [2.45, 2.75) is 25.3 Å². The van der Waals surface area contributed by atoms with Crippen molar-refractivity contribution in [3.63, 3.8) is 0 Å². The van der Waals surface area contributed by atoms with E-state index in [0.29, 0.717) is 0 Å². The summed E-state index contributed by atoms with van der Waals surface area (Å²) in [6, 6.07) is 17.2. The van der Waals surface area contributed by atoms with Crippen LogP contribution in [0.15, 0.2) is 64.2 Å². The van der Waals surface area contributed by atoms with E-state index in [1.165, 1.54) is 30.8 Å². The van der Waals surface area contributed by atoms with Gasteiger partial charge in [-0.2, -0.15) is 4.57 Å². The van der Waals surface area contributed by atoms with Crippen molar-refractivity contribution in [1.29, 1.82) is 0 Å². The molecule has 4 rings (SSSR count). The zero-order valence-corrected chi connectivity index (χ0v) is 15.5. The second kappa shape index (κ2) is 6.48. The maximum absolute atomic E-state index is 3.55. The van der Waals surface area contributed by atoms with Crippen LogP contribution in [-0.4, -0.2) is 6.54 Å². The van der Waals surface area contributed by atoms with Crippen LogP contribution in [0.4, 0.5) is 5.69 Å². The summed E-state index contributed by atoms with van der Waals surface area (Å²) in [6.45, 7) is 6.32. The van der Waals surface area contributed by atoms with E-state index in [4.69, 9.17) is 0 Å². The number of rotatable bonds is 3. The maximum atomic E-state index is 3.55. The van der Waals surface area contributed by atoms with Crippen LogP contribution in [0.2, 0.25) is 0 Å². The van der Waals surface area contributed by atoms with Crippen molar-refractivity contribution < 1.29 is 4.57 Å². The minimum atomic E-state index is 0.959. The topological polar surface area (TPSA) is 7.12 Å². The number of thioether (sulfide) groups is 1. The Morgan fingerprint density at radius 1 is 1.08 bits per heavy atom. The number of anilines is 1. The van der Waals surface area contributed by atoms with E-state index >= 15 is 0 Å². The molecule has 0 saturated heterocycles. The molecule has 0 saturated carbocycles. The third kappa shape index (κ3) is 2.57. The van der Waals surface area contributed by atoms with E-state index in [0.717, 1.165) is 13.1 Å². The van der Waals surface area contributed by atoms with Gasteiger partial charge in [-0.3, -0.25) is 0 Å². The van der Waals surface area contributed by atoms with Crippen LogP contribution in [0.3, 0.4) is 0 Å². The SMILES string of the molecule is CCN1C(=C=Cc2sc3ccccc3[n+]2CC)Sc2ccccc21. The van der Waals surface area contributed by atoms with Gasteiger partial charge in [0.15, 0.2) is 0 Å². The first-order valence-corrected chi connectivity index (χ1v) is 9.87. The Morgan fingerprint density at radius 3 is 2.71 bits per heavy atom. The summed E-state index contributed by atoms with van der Waals surface area (Å²) in [4.78, 5) is 3.65. The van der Waals surface area contributed by atoms with Gasteiger partial charge >= 0.3 is 0 Å². The molecule has 2 nitrogen and oxygen atoms in total. The number of aromatic nitrogens is 1. The molecule has 1 aromatic heterocycles. The number of nitrogens with zero attached hydrogens (tertiary/aromatic N) is 2. The molecule has 3 aromatic rings. The van der Waals surface area contributed by atoms with E-state index in [9.17, 15) is 0 Å². The van der Waals surface area contributed by atoms with Crippen LogP contribution in [0.25, 0.3) is 16.3 Å². The number of thiazole rings is 1. The Balaban J connectivity index is 1.79. The molecule has 2 aromatic carbocycles. The molecule has 0 radical (unpaired) electrons. The number of benzene rings is 2. The molecule has 0 N–H and O–H groups in total. The zero-order valence-electron chi connectivity index (χ0n) is 13.8. The smallest absolute Gasteiger partial charge is 0.270 e.